The van der Waals surface area contributed by atoms with Crippen LogP contribution in [0.15, 0.2) is 4.99 Å². The van der Waals surface area contributed by atoms with Gasteiger partial charge in [0.25, 0.3) is 0 Å². The molecule has 1 heterocycles. The molecule has 1 N–H and O–H groups in total. The molecule has 2 unspecified atom stereocenters. The first-order valence-electron chi connectivity index (χ1n) is 8.67. The Labute approximate surface area is 193 Å². The molecule has 0 spiro atoms. The van der Waals surface area contributed by atoms with Crippen LogP contribution in [0.2, 0.25) is 0 Å². The second kappa shape index (κ2) is 15.1. The normalized spacial score (nSPS) is 20.1. The first-order valence-corrected chi connectivity index (χ1v) is 10.4. The van der Waals surface area contributed by atoms with Gasteiger partial charge in [0.1, 0.15) is 0 Å². The Morgan fingerprint density at radius 3 is 2.07 bits per heavy atom. The average molecular weight is 457 g/mol. The van der Waals surface area contributed by atoms with Crippen molar-refractivity contribution < 1.29 is 75.1 Å². The molecule has 0 saturated heterocycles. The number of aliphatic imine (C=N–C) groups is 1. The van der Waals surface area contributed by atoms with Crippen molar-refractivity contribution in [1.29, 1.82) is 0 Å². The number of imide groups is 1. The molecule has 3 amide bonds. The van der Waals surface area contributed by atoms with Gasteiger partial charge >= 0.3 is 52.1 Å². The molecule has 1 aliphatic rings. The quantitative estimate of drug-likeness (QED) is 0.252. The van der Waals surface area contributed by atoms with Crippen molar-refractivity contribution in [2.75, 3.05) is 6.16 Å². The summed E-state index contributed by atoms with van der Waals surface area (Å²) in [5.41, 5.74) is -1.15. The Bertz CT molecular complexity index is 543. The van der Waals surface area contributed by atoms with Gasteiger partial charge in [-0.3, -0.25) is 10.1 Å². The van der Waals surface area contributed by atoms with Gasteiger partial charge in [0.05, 0.1) is 5.41 Å². The summed E-state index contributed by atoms with van der Waals surface area (Å²) in [6.07, 6.45) is 4.12. The Kier molecular flexibility index (Phi) is 17.9. The van der Waals surface area contributed by atoms with Gasteiger partial charge in [-0.1, -0.05) is 54.6 Å². The molecule has 0 radical (unpaired) electrons. The van der Waals surface area contributed by atoms with Crippen molar-refractivity contribution in [2.45, 2.75) is 66.2 Å². The molecule has 0 fully saturated rings. The standard InChI is InChI=1S/C11H18N2O3.C5H13O3P.Na.Ni/c1-4-6-7(3)11(5-2)8(14)12-10(16)13-9(11)15;1-2-3-4-5-9(6,7)8;;/h7H,4-6H2,1-3H3,(H2,12,13,14,15,16);2-5H2,1H3,(H2,6,7,8);;/q;;+1;+2/p-3. The monoisotopic (exact) mass is 456 g/mol. The molecule has 0 saturated carbocycles. The summed E-state index contributed by atoms with van der Waals surface area (Å²) in [4.78, 5) is 46.1. The van der Waals surface area contributed by atoms with Crippen LogP contribution in [0.4, 0.5) is 4.79 Å². The molecular weight excluding hydrogens is 429 g/mol. The van der Waals surface area contributed by atoms with Crippen LogP contribution in [0.5, 0.6) is 0 Å². The van der Waals surface area contributed by atoms with Gasteiger partial charge in [0.15, 0.2) is 0 Å². The van der Waals surface area contributed by atoms with Gasteiger partial charge in [-0.25, -0.2) is 9.79 Å². The summed E-state index contributed by atoms with van der Waals surface area (Å²) in [6.45, 7) is 7.58. The molecule has 0 aromatic carbocycles. The van der Waals surface area contributed by atoms with Crippen LogP contribution in [-0.2, 0) is 25.9 Å². The molecule has 0 aromatic rings. The first-order chi connectivity index (χ1) is 11.5. The van der Waals surface area contributed by atoms with Crippen LogP contribution in [-0.4, -0.2) is 24.0 Å². The van der Waals surface area contributed by atoms with Gasteiger partial charge < -0.3 is 19.5 Å². The van der Waals surface area contributed by atoms with E-state index in [1.807, 2.05) is 20.8 Å². The molecule has 2 atom stereocenters. The third kappa shape index (κ3) is 10.6. The molecule has 27 heavy (non-hydrogen) atoms. The third-order valence-electron chi connectivity index (χ3n) is 4.37. The number of urea groups is 1. The first kappa shape index (κ1) is 31.9. The maximum absolute atomic E-state index is 11.9. The van der Waals surface area contributed by atoms with Crippen molar-refractivity contribution in [2.24, 2.45) is 16.3 Å². The van der Waals surface area contributed by atoms with E-state index in [1.165, 1.54) is 0 Å². The molecule has 0 bridgehead atoms. The fourth-order valence-corrected chi connectivity index (χ4v) is 3.47. The van der Waals surface area contributed by atoms with E-state index in [2.05, 4.69) is 10.3 Å². The summed E-state index contributed by atoms with van der Waals surface area (Å²) in [5.74, 6) is -1.20. The fourth-order valence-electron chi connectivity index (χ4n) is 2.86. The van der Waals surface area contributed by atoms with E-state index in [0.29, 0.717) is 12.8 Å². The minimum atomic E-state index is -4.20. The summed E-state index contributed by atoms with van der Waals surface area (Å²) >= 11 is 0. The molecule has 0 aromatic heterocycles. The summed E-state index contributed by atoms with van der Waals surface area (Å²) < 4.78 is 9.98. The number of nitrogens with one attached hydrogen (secondary N) is 1. The zero-order valence-electron chi connectivity index (χ0n) is 16.7. The zero-order valence-corrected chi connectivity index (χ0v) is 20.6. The second-order valence-corrected chi connectivity index (χ2v) is 7.90. The third-order valence-corrected chi connectivity index (χ3v) is 5.23. The zero-order chi connectivity index (χ0) is 19.7. The van der Waals surface area contributed by atoms with E-state index in [9.17, 15) is 29.0 Å². The number of carbonyl (C=O) groups excluding carboxylic acids is 2. The Morgan fingerprint density at radius 1 is 1.15 bits per heavy atom. The van der Waals surface area contributed by atoms with Crippen molar-refractivity contribution in [3.63, 3.8) is 0 Å². The van der Waals surface area contributed by atoms with E-state index >= 15 is 0 Å². The largest absolute Gasteiger partial charge is 2.00 e. The van der Waals surface area contributed by atoms with E-state index in [4.69, 9.17) is 0 Å². The Morgan fingerprint density at radius 2 is 1.70 bits per heavy atom. The van der Waals surface area contributed by atoms with Crippen molar-refractivity contribution >= 4 is 25.4 Å². The number of hydrogen-bond acceptors (Lipinski definition) is 6. The number of amides is 3. The van der Waals surface area contributed by atoms with E-state index in [1.54, 1.807) is 6.92 Å². The van der Waals surface area contributed by atoms with Crippen LogP contribution in [0.3, 0.4) is 0 Å². The molecule has 1 aliphatic heterocycles. The minimum Gasteiger partial charge on any atom is -0.861 e. The number of unbranched alkanes of at least 4 members (excludes halogenated alkanes) is 2. The van der Waals surface area contributed by atoms with Gasteiger partial charge in [-0.15, -0.1) is 0 Å². The van der Waals surface area contributed by atoms with Gasteiger partial charge in [0, 0.05) is 0 Å². The van der Waals surface area contributed by atoms with Crippen LogP contribution >= 0.6 is 7.60 Å². The molecule has 1 rings (SSSR count). The topological polar surface area (TPSA) is 145 Å². The molecule has 8 nitrogen and oxygen atoms in total. The van der Waals surface area contributed by atoms with Crippen molar-refractivity contribution in [3.8, 4) is 0 Å². The number of rotatable bonds is 8. The predicted octanol–water partition coefficient (Wildman–Crippen LogP) is -2.08. The molecular formula is C16H28N2NaNiO6P. The summed E-state index contributed by atoms with van der Waals surface area (Å²) in [7, 11) is -4.20. The van der Waals surface area contributed by atoms with E-state index in [-0.39, 0.29) is 58.1 Å². The molecule has 11 heteroatoms. The van der Waals surface area contributed by atoms with Crippen LogP contribution in [0.1, 0.15) is 66.2 Å². The summed E-state index contributed by atoms with van der Waals surface area (Å²) in [5, 5.41) is 14.0. The van der Waals surface area contributed by atoms with Gasteiger partial charge in [0.2, 0.25) is 5.91 Å². The number of nitrogens with zero attached hydrogens (tertiary/aromatic N) is 1. The predicted molar refractivity (Wildman–Crippen MR) is 89.8 cm³/mol. The van der Waals surface area contributed by atoms with Gasteiger partial charge in [-0.05, 0) is 37.2 Å². The summed E-state index contributed by atoms with van der Waals surface area (Å²) in [6, 6.07) is -0.845. The Balaban J connectivity index is -0.000000456. The smallest absolute Gasteiger partial charge is 0.861 e. The van der Waals surface area contributed by atoms with E-state index < -0.39 is 30.8 Å². The number of hydrogen-bond donors (Lipinski definition) is 1. The SMILES string of the molecule is CCCC(C)C1(CC)C(=O)NC(=O)N=C1[O-].CCCCCP(=O)([O-])[O-].[Na+].[Ni+2]. The maximum Gasteiger partial charge on any atom is 2.00 e. The second-order valence-electron chi connectivity index (χ2n) is 6.23. The number of carbonyl (C=O) groups is 2. The van der Waals surface area contributed by atoms with Crippen LogP contribution < -0.4 is 49.8 Å². The fraction of sp³-hybridized carbons (Fsp3) is 0.812. The van der Waals surface area contributed by atoms with Crippen LogP contribution in [0, 0.1) is 11.3 Å². The van der Waals surface area contributed by atoms with Crippen LogP contribution in [0.25, 0.3) is 0 Å². The maximum atomic E-state index is 11.9. The molecule has 0 aliphatic carbocycles. The van der Waals surface area contributed by atoms with Crippen molar-refractivity contribution in [3.05, 3.63) is 0 Å². The molecule has 154 valence electrons. The van der Waals surface area contributed by atoms with Crippen molar-refractivity contribution in [1.82, 2.24) is 5.32 Å². The van der Waals surface area contributed by atoms with E-state index in [0.717, 1.165) is 25.7 Å². The van der Waals surface area contributed by atoms with Gasteiger partial charge in [-0.2, -0.15) is 0 Å². The Hall–Kier alpha value is 0.254. The average Bonchev–Trinajstić information content (AvgIpc) is 2.47. The minimum absolute atomic E-state index is 0.